The van der Waals surface area contributed by atoms with Gasteiger partial charge in [0.15, 0.2) is 0 Å². The van der Waals surface area contributed by atoms with Gasteiger partial charge in [0.2, 0.25) is 0 Å². The molecule has 0 aromatic heterocycles. The van der Waals surface area contributed by atoms with Crippen molar-refractivity contribution in [2.75, 3.05) is 17.2 Å². The number of urea groups is 1. The van der Waals surface area contributed by atoms with Gasteiger partial charge in [-0.25, -0.2) is 4.79 Å². The summed E-state index contributed by atoms with van der Waals surface area (Å²) in [6.45, 7) is 3.19. The Kier molecular flexibility index (Phi) is 5.29. The maximum atomic E-state index is 12.8. The molecule has 5 heteroatoms. The number of carbonyl (C=O) groups is 2. The number of aryl methyl sites for hydroxylation is 1. The molecular weight excluding hydrogens is 362 g/mol. The van der Waals surface area contributed by atoms with E-state index >= 15 is 0 Å². The molecule has 5 nitrogen and oxygen atoms in total. The summed E-state index contributed by atoms with van der Waals surface area (Å²) >= 11 is 0. The summed E-state index contributed by atoms with van der Waals surface area (Å²) in [6, 6.07) is 22.7. The lowest BCUT2D eigenvalue weighted by Gasteiger charge is -2.29. The molecule has 146 valence electrons. The van der Waals surface area contributed by atoms with Crippen LogP contribution in [-0.2, 0) is 13.0 Å². The van der Waals surface area contributed by atoms with Gasteiger partial charge in [-0.3, -0.25) is 4.79 Å². The fraction of sp³-hybridized carbons (Fsp3) is 0.167. The third-order valence-electron chi connectivity index (χ3n) is 5.19. The van der Waals surface area contributed by atoms with Crippen LogP contribution in [0.4, 0.5) is 16.2 Å². The van der Waals surface area contributed by atoms with Crippen LogP contribution < -0.4 is 10.6 Å². The molecule has 2 N–H and O–H groups in total. The van der Waals surface area contributed by atoms with Gasteiger partial charge in [0, 0.05) is 30.0 Å². The molecule has 1 aliphatic rings. The molecule has 3 aromatic carbocycles. The number of hydrogen-bond acceptors (Lipinski definition) is 2. The third-order valence-corrected chi connectivity index (χ3v) is 5.19. The van der Waals surface area contributed by atoms with Gasteiger partial charge in [-0.1, -0.05) is 48.5 Å². The van der Waals surface area contributed by atoms with E-state index in [0.717, 1.165) is 17.7 Å². The molecule has 0 saturated heterocycles. The Labute approximate surface area is 170 Å². The molecule has 0 spiro atoms. The molecular formula is C24H23N3O2. The number of nitrogens with one attached hydrogen (secondary N) is 2. The predicted molar refractivity (Wildman–Crippen MR) is 115 cm³/mol. The Hall–Kier alpha value is -3.60. The number of amides is 3. The van der Waals surface area contributed by atoms with Gasteiger partial charge in [-0.2, -0.15) is 0 Å². The number of benzene rings is 3. The van der Waals surface area contributed by atoms with Crippen molar-refractivity contribution in [1.82, 2.24) is 4.90 Å². The molecule has 3 amide bonds. The minimum absolute atomic E-state index is 0.150. The molecule has 0 radical (unpaired) electrons. The first-order valence-electron chi connectivity index (χ1n) is 9.70. The second-order valence-corrected chi connectivity index (χ2v) is 7.22. The minimum atomic E-state index is -0.210. The van der Waals surface area contributed by atoms with Crippen LogP contribution in [0.15, 0.2) is 72.8 Å². The minimum Gasteiger partial charge on any atom is -0.322 e. The average molecular weight is 385 g/mol. The summed E-state index contributed by atoms with van der Waals surface area (Å²) in [5, 5.41) is 5.85. The van der Waals surface area contributed by atoms with Gasteiger partial charge in [-0.15, -0.1) is 0 Å². The van der Waals surface area contributed by atoms with E-state index in [1.807, 2.05) is 55.5 Å². The molecule has 1 aliphatic heterocycles. The number of carbonyl (C=O) groups excluding carboxylic acids is 2. The summed E-state index contributed by atoms with van der Waals surface area (Å²) < 4.78 is 0. The lowest BCUT2D eigenvalue weighted by atomic mass is 10.0. The van der Waals surface area contributed by atoms with Crippen LogP contribution in [0.2, 0.25) is 0 Å². The van der Waals surface area contributed by atoms with E-state index in [1.165, 1.54) is 11.1 Å². The summed E-state index contributed by atoms with van der Waals surface area (Å²) in [6.07, 6.45) is 0.849. The van der Waals surface area contributed by atoms with Crippen molar-refractivity contribution in [3.8, 4) is 0 Å². The van der Waals surface area contributed by atoms with Crippen LogP contribution in [0.25, 0.3) is 0 Å². The van der Waals surface area contributed by atoms with Crippen molar-refractivity contribution >= 4 is 23.3 Å². The van der Waals surface area contributed by atoms with Gasteiger partial charge in [0.25, 0.3) is 5.91 Å². The Morgan fingerprint density at radius 1 is 0.862 bits per heavy atom. The topological polar surface area (TPSA) is 61.4 Å². The Bertz CT molecular complexity index is 1050. The largest absolute Gasteiger partial charge is 0.322 e. The van der Waals surface area contributed by atoms with Crippen LogP contribution in [0.1, 0.15) is 27.0 Å². The van der Waals surface area contributed by atoms with Gasteiger partial charge in [-0.05, 0) is 54.3 Å². The van der Waals surface area contributed by atoms with Crippen molar-refractivity contribution < 1.29 is 9.59 Å². The van der Waals surface area contributed by atoms with Crippen molar-refractivity contribution in [2.24, 2.45) is 0 Å². The summed E-state index contributed by atoms with van der Waals surface area (Å²) in [4.78, 5) is 27.2. The second kappa shape index (κ2) is 8.19. The Morgan fingerprint density at radius 3 is 2.38 bits per heavy atom. The molecule has 0 unspecified atom stereocenters. The highest BCUT2D eigenvalue weighted by atomic mass is 16.2. The van der Waals surface area contributed by atoms with Crippen LogP contribution in [0.5, 0.6) is 0 Å². The highest BCUT2D eigenvalue weighted by molar-refractivity contribution is 6.05. The number of hydrogen-bond donors (Lipinski definition) is 2. The first-order valence-corrected chi connectivity index (χ1v) is 9.70. The smallest absolute Gasteiger partial charge is 0.322 e. The van der Waals surface area contributed by atoms with Crippen LogP contribution in [-0.4, -0.2) is 23.4 Å². The second-order valence-electron chi connectivity index (χ2n) is 7.22. The molecule has 29 heavy (non-hydrogen) atoms. The van der Waals surface area contributed by atoms with E-state index in [9.17, 15) is 9.59 Å². The highest BCUT2D eigenvalue weighted by Crippen LogP contribution is 2.22. The van der Waals surface area contributed by atoms with Gasteiger partial charge >= 0.3 is 6.03 Å². The molecule has 3 aromatic rings. The zero-order valence-electron chi connectivity index (χ0n) is 16.3. The molecule has 0 saturated carbocycles. The van der Waals surface area contributed by atoms with Crippen LogP contribution in [0.3, 0.4) is 0 Å². The monoisotopic (exact) mass is 385 g/mol. The normalized spacial score (nSPS) is 12.8. The summed E-state index contributed by atoms with van der Waals surface area (Å²) in [5.41, 5.74) is 5.27. The molecule has 0 atom stereocenters. The van der Waals surface area contributed by atoms with Crippen molar-refractivity contribution in [3.05, 3.63) is 95.1 Å². The zero-order chi connectivity index (χ0) is 20.2. The van der Waals surface area contributed by atoms with E-state index < -0.39 is 0 Å². The fourth-order valence-corrected chi connectivity index (χ4v) is 3.49. The van der Waals surface area contributed by atoms with E-state index in [2.05, 4.69) is 22.8 Å². The predicted octanol–water partition coefficient (Wildman–Crippen LogP) is 4.84. The van der Waals surface area contributed by atoms with E-state index in [4.69, 9.17) is 0 Å². The van der Waals surface area contributed by atoms with Crippen molar-refractivity contribution in [1.29, 1.82) is 0 Å². The van der Waals surface area contributed by atoms with E-state index in [-0.39, 0.29) is 11.9 Å². The van der Waals surface area contributed by atoms with Crippen LogP contribution in [0, 0.1) is 6.92 Å². The standard InChI is InChI=1S/C24H23N3O2/c1-17-11-12-19(23(28)25-21-9-3-2-4-10-21)15-22(17)26-24(29)27-14-13-18-7-5-6-8-20(18)16-27/h2-12,15H,13-14,16H2,1H3,(H,25,28)(H,26,29). The molecule has 0 aliphatic carbocycles. The number of rotatable bonds is 3. The number of para-hydroxylation sites is 1. The maximum Gasteiger partial charge on any atom is 0.322 e. The lowest BCUT2D eigenvalue weighted by molar-refractivity contribution is 0.102. The summed E-state index contributed by atoms with van der Waals surface area (Å²) in [5.74, 6) is -0.210. The molecule has 0 fully saturated rings. The third kappa shape index (κ3) is 4.29. The SMILES string of the molecule is Cc1ccc(C(=O)Nc2ccccc2)cc1NC(=O)N1CCc2ccccc2C1. The van der Waals surface area contributed by atoms with Gasteiger partial charge in [0.1, 0.15) is 0 Å². The van der Waals surface area contributed by atoms with Crippen LogP contribution >= 0.6 is 0 Å². The van der Waals surface area contributed by atoms with E-state index in [0.29, 0.717) is 24.3 Å². The summed E-state index contributed by atoms with van der Waals surface area (Å²) in [7, 11) is 0. The zero-order valence-corrected chi connectivity index (χ0v) is 16.3. The lowest BCUT2D eigenvalue weighted by Crippen LogP contribution is -2.39. The number of fused-ring (bicyclic) bond motifs is 1. The first kappa shape index (κ1) is 18.7. The quantitative estimate of drug-likeness (QED) is 0.678. The van der Waals surface area contributed by atoms with Gasteiger partial charge in [0.05, 0.1) is 0 Å². The molecule has 1 heterocycles. The number of anilines is 2. The fourth-order valence-electron chi connectivity index (χ4n) is 3.49. The highest BCUT2D eigenvalue weighted by Gasteiger charge is 2.21. The van der Waals surface area contributed by atoms with Gasteiger partial charge < -0.3 is 15.5 Å². The van der Waals surface area contributed by atoms with Crippen molar-refractivity contribution in [3.63, 3.8) is 0 Å². The maximum absolute atomic E-state index is 12.8. The number of nitrogens with zero attached hydrogens (tertiary/aromatic N) is 1. The average Bonchev–Trinajstić information content (AvgIpc) is 2.75. The Balaban J connectivity index is 1.47. The molecule has 0 bridgehead atoms. The first-order chi connectivity index (χ1) is 14.1. The van der Waals surface area contributed by atoms with Crippen molar-refractivity contribution in [2.45, 2.75) is 19.9 Å². The Morgan fingerprint density at radius 2 is 1.59 bits per heavy atom. The van der Waals surface area contributed by atoms with E-state index in [1.54, 1.807) is 17.0 Å². The molecule has 4 rings (SSSR count).